The summed E-state index contributed by atoms with van der Waals surface area (Å²) in [6, 6.07) is 8.38. The lowest BCUT2D eigenvalue weighted by atomic mass is 9.88. The minimum Gasteiger partial charge on any atom is -0.401 e. The van der Waals surface area contributed by atoms with Crippen LogP contribution in [-0.2, 0) is 20.3 Å². The van der Waals surface area contributed by atoms with Gasteiger partial charge in [-0.1, -0.05) is 25.6 Å². The summed E-state index contributed by atoms with van der Waals surface area (Å²) in [6.45, 7) is 10.1. The van der Waals surface area contributed by atoms with Gasteiger partial charge < -0.3 is 30.3 Å². The first-order chi connectivity index (χ1) is 19.8. The van der Waals surface area contributed by atoms with E-state index in [1.807, 2.05) is 24.1 Å². The normalized spacial score (nSPS) is 21.7. The van der Waals surface area contributed by atoms with Gasteiger partial charge in [0.1, 0.15) is 5.84 Å². The van der Waals surface area contributed by atoms with Crippen LogP contribution >= 0.6 is 0 Å². The zero-order valence-corrected chi connectivity index (χ0v) is 25.7. The van der Waals surface area contributed by atoms with E-state index in [-0.39, 0.29) is 18.0 Å². The number of aliphatic imine (C=N–C) groups is 1. The molecule has 41 heavy (non-hydrogen) atoms. The van der Waals surface area contributed by atoms with E-state index in [0.29, 0.717) is 54.4 Å². The zero-order valence-electron chi connectivity index (χ0n) is 24.9. The van der Waals surface area contributed by atoms with Crippen molar-refractivity contribution in [1.29, 1.82) is 0 Å². The molecule has 2 atom stereocenters. The first kappa shape index (κ1) is 31.3. The molecule has 1 aromatic rings. The number of benzene rings is 1. The van der Waals surface area contributed by atoms with Crippen LogP contribution in [0.25, 0.3) is 0 Å². The summed E-state index contributed by atoms with van der Waals surface area (Å²) in [5.74, 6) is 2.31. The van der Waals surface area contributed by atoms with Gasteiger partial charge in [0.15, 0.2) is 0 Å². The minimum atomic E-state index is -1.16. The number of nitrogens with zero attached hydrogens (tertiary/aromatic N) is 3. The predicted molar refractivity (Wildman–Crippen MR) is 165 cm³/mol. The van der Waals surface area contributed by atoms with Gasteiger partial charge in [0, 0.05) is 76.5 Å². The Hall–Kier alpha value is -2.69. The summed E-state index contributed by atoms with van der Waals surface area (Å²) in [4.78, 5) is 23.0. The summed E-state index contributed by atoms with van der Waals surface area (Å²) in [6.07, 6.45) is 5.91. The monoisotopic (exact) mass is 585 g/mol. The van der Waals surface area contributed by atoms with E-state index in [9.17, 15) is 9.00 Å². The van der Waals surface area contributed by atoms with Gasteiger partial charge in [0.05, 0.1) is 27.6 Å². The maximum absolute atomic E-state index is 13.3. The average Bonchev–Trinajstić information content (AvgIpc) is 3.34. The lowest BCUT2D eigenvalue weighted by Crippen LogP contribution is -2.41. The van der Waals surface area contributed by atoms with Crippen molar-refractivity contribution in [3.05, 3.63) is 58.4 Å². The lowest BCUT2D eigenvalue weighted by Gasteiger charge is -2.35. The number of carbonyl (C=O) groups excluding carboxylic acids is 1. The van der Waals surface area contributed by atoms with Crippen LogP contribution in [0.15, 0.2) is 52.3 Å². The van der Waals surface area contributed by atoms with Gasteiger partial charge in [-0.15, -0.1) is 0 Å². The molecule has 3 N–H and O–H groups in total. The number of carbonyl (C=O) groups is 1. The molecule has 2 saturated heterocycles. The molecule has 4 rings (SSSR count). The highest BCUT2D eigenvalue weighted by atomic mass is 32.2. The summed E-state index contributed by atoms with van der Waals surface area (Å²) in [5, 5.41) is 3.41. The third-order valence-corrected chi connectivity index (χ3v) is 10.0. The Balaban J connectivity index is 1.39. The Bertz CT molecular complexity index is 1150. The SMILES string of the molecule is C=C(NC(=NC1CCOCC1)C1=C(N)CCS1=O)N1CCC(c2cccc(C(=O)N(C)C(CC)CCOC)c2)CC1. The number of hydrogen-bond donors (Lipinski definition) is 2. The highest BCUT2D eigenvalue weighted by molar-refractivity contribution is 7.90. The van der Waals surface area contributed by atoms with Crippen molar-refractivity contribution in [3.8, 4) is 0 Å². The fraction of sp³-hybridized carbons (Fsp3) is 0.613. The number of amides is 1. The molecule has 10 heteroatoms. The molecule has 1 aromatic carbocycles. The Morgan fingerprint density at radius 2 is 2.02 bits per heavy atom. The van der Waals surface area contributed by atoms with Crippen LogP contribution in [0.1, 0.15) is 73.7 Å². The molecule has 1 amide bonds. The fourth-order valence-corrected chi connectivity index (χ4v) is 7.21. The van der Waals surface area contributed by atoms with Gasteiger partial charge >= 0.3 is 0 Å². The Kier molecular flexibility index (Phi) is 11.4. The largest absolute Gasteiger partial charge is 0.401 e. The number of likely N-dealkylation sites (tertiary alicyclic amines) is 1. The number of allylic oxidation sites excluding steroid dienone is 1. The maximum Gasteiger partial charge on any atom is 0.253 e. The summed E-state index contributed by atoms with van der Waals surface area (Å²) in [7, 11) is 2.42. The van der Waals surface area contributed by atoms with Crippen LogP contribution in [0.2, 0.25) is 0 Å². The van der Waals surface area contributed by atoms with Gasteiger partial charge in [-0.2, -0.15) is 0 Å². The van der Waals surface area contributed by atoms with Crippen molar-refractivity contribution in [2.75, 3.05) is 52.8 Å². The van der Waals surface area contributed by atoms with Gasteiger partial charge in [0.2, 0.25) is 0 Å². The molecule has 3 aliphatic heterocycles. The highest BCUT2D eigenvalue weighted by Crippen LogP contribution is 2.30. The van der Waals surface area contributed by atoms with Gasteiger partial charge in [-0.3, -0.25) is 14.0 Å². The molecule has 0 bridgehead atoms. The van der Waals surface area contributed by atoms with E-state index in [2.05, 4.69) is 35.9 Å². The van der Waals surface area contributed by atoms with Gasteiger partial charge in [-0.05, 0) is 62.1 Å². The van der Waals surface area contributed by atoms with Crippen LogP contribution in [0, 0.1) is 0 Å². The van der Waals surface area contributed by atoms with Crippen LogP contribution in [0.3, 0.4) is 0 Å². The molecule has 2 fully saturated rings. The second kappa shape index (κ2) is 15.0. The number of piperidine rings is 1. The molecule has 9 nitrogen and oxygen atoms in total. The highest BCUT2D eigenvalue weighted by Gasteiger charge is 2.29. The predicted octanol–water partition coefficient (Wildman–Crippen LogP) is 3.71. The van der Waals surface area contributed by atoms with E-state index >= 15 is 0 Å². The Morgan fingerprint density at radius 3 is 2.66 bits per heavy atom. The van der Waals surface area contributed by atoms with Crippen molar-refractivity contribution < 1.29 is 18.5 Å². The van der Waals surface area contributed by atoms with E-state index in [0.717, 1.165) is 63.0 Å². The van der Waals surface area contributed by atoms with Gasteiger partial charge in [-0.25, -0.2) is 0 Å². The number of amidine groups is 1. The van der Waals surface area contributed by atoms with Crippen LogP contribution in [-0.4, -0.2) is 90.7 Å². The minimum absolute atomic E-state index is 0.0547. The van der Waals surface area contributed by atoms with E-state index in [1.165, 1.54) is 5.56 Å². The smallest absolute Gasteiger partial charge is 0.253 e. The number of ether oxygens (including phenoxy) is 2. The molecule has 0 spiro atoms. The number of nitrogens with one attached hydrogen (secondary N) is 1. The average molecular weight is 586 g/mol. The molecule has 0 radical (unpaired) electrons. The van der Waals surface area contributed by atoms with Crippen molar-refractivity contribution in [2.45, 2.75) is 69.9 Å². The zero-order chi connectivity index (χ0) is 29.4. The molecule has 226 valence electrons. The molecule has 0 aromatic heterocycles. The molecule has 0 aliphatic carbocycles. The van der Waals surface area contributed by atoms with E-state index in [4.69, 9.17) is 20.2 Å². The van der Waals surface area contributed by atoms with Crippen LogP contribution in [0.5, 0.6) is 0 Å². The summed E-state index contributed by atoms with van der Waals surface area (Å²) < 4.78 is 23.5. The van der Waals surface area contributed by atoms with E-state index in [1.54, 1.807) is 7.11 Å². The maximum atomic E-state index is 13.3. The van der Waals surface area contributed by atoms with Crippen LogP contribution < -0.4 is 11.1 Å². The number of nitrogens with two attached hydrogens (primary N) is 1. The molecule has 3 heterocycles. The standard InChI is InChI=1S/C31H47N5O4S/c1-5-27(13-17-39-4)35(3)31(37)25-8-6-7-24(21-25)23-9-15-36(16-10-23)22(2)33-30(29-28(32)14-20-41(29)38)34-26-11-18-40-19-12-26/h6-8,21,23,26-27H,2,5,9-20,32H2,1,3-4H3,(H,33,34). The Morgan fingerprint density at radius 1 is 1.29 bits per heavy atom. The summed E-state index contributed by atoms with van der Waals surface area (Å²) >= 11 is 0. The van der Waals surface area contributed by atoms with Crippen molar-refractivity contribution in [2.24, 2.45) is 10.7 Å². The molecular weight excluding hydrogens is 538 g/mol. The first-order valence-electron chi connectivity index (χ1n) is 14.9. The molecule has 3 aliphatic rings. The molecular formula is C31H47N5O4S. The summed E-state index contributed by atoms with van der Waals surface area (Å²) in [5.41, 5.74) is 8.86. The second-order valence-electron chi connectivity index (χ2n) is 11.2. The van der Waals surface area contributed by atoms with Crippen molar-refractivity contribution in [1.82, 2.24) is 15.1 Å². The number of hydrogen-bond acceptors (Lipinski definition) is 7. The lowest BCUT2D eigenvalue weighted by molar-refractivity contribution is 0.0686. The number of methoxy groups -OCH3 is 1. The topological polar surface area (TPSA) is 109 Å². The van der Waals surface area contributed by atoms with Gasteiger partial charge in [0.25, 0.3) is 5.91 Å². The van der Waals surface area contributed by atoms with Crippen LogP contribution in [0.4, 0.5) is 0 Å². The first-order valence-corrected chi connectivity index (χ1v) is 16.2. The third kappa shape index (κ3) is 7.99. The molecule has 2 unspecified atom stereocenters. The Labute approximate surface area is 247 Å². The van der Waals surface area contributed by atoms with E-state index < -0.39 is 10.8 Å². The van der Waals surface area contributed by atoms with Crippen molar-refractivity contribution >= 4 is 22.5 Å². The third-order valence-electron chi connectivity index (χ3n) is 8.53. The quantitative estimate of drug-likeness (QED) is 0.301. The second-order valence-corrected chi connectivity index (χ2v) is 12.7. The molecule has 0 saturated carbocycles. The van der Waals surface area contributed by atoms with Crippen molar-refractivity contribution in [3.63, 3.8) is 0 Å². The fourth-order valence-electron chi connectivity index (χ4n) is 5.89. The number of rotatable bonds is 11.